The van der Waals surface area contributed by atoms with Crippen molar-refractivity contribution in [3.05, 3.63) is 17.5 Å². The van der Waals surface area contributed by atoms with Gasteiger partial charge in [0.1, 0.15) is 6.04 Å². The molecular weight excluding hydrogens is 246 g/mol. The van der Waals surface area contributed by atoms with Crippen LogP contribution in [0.3, 0.4) is 0 Å². The maximum atomic E-state index is 12.1. The standard InChI is InChI=1S/C12H21N5O2/c1-4-7(2)10(16-12(13)19)11(18)14-5-9-6-15-17-8(9)3/h6-7,10H,4-5H2,1-3H3,(H,14,18)(H,15,17)(H3,13,16,19). The topological polar surface area (TPSA) is 113 Å². The summed E-state index contributed by atoms with van der Waals surface area (Å²) in [5, 5.41) is 11.9. The van der Waals surface area contributed by atoms with Gasteiger partial charge in [-0.1, -0.05) is 20.3 Å². The van der Waals surface area contributed by atoms with Gasteiger partial charge in [-0.25, -0.2) is 4.79 Å². The molecule has 0 fully saturated rings. The van der Waals surface area contributed by atoms with E-state index >= 15 is 0 Å². The van der Waals surface area contributed by atoms with Crippen molar-refractivity contribution < 1.29 is 9.59 Å². The predicted molar refractivity (Wildman–Crippen MR) is 71.1 cm³/mol. The first-order valence-corrected chi connectivity index (χ1v) is 6.28. The quantitative estimate of drug-likeness (QED) is 0.599. The number of carbonyl (C=O) groups is 2. The molecule has 2 unspecified atom stereocenters. The molecule has 7 nitrogen and oxygen atoms in total. The van der Waals surface area contributed by atoms with E-state index < -0.39 is 12.1 Å². The number of nitrogens with one attached hydrogen (secondary N) is 3. The summed E-state index contributed by atoms with van der Waals surface area (Å²) in [5.41, 5.74) is 6.91. The maximum Gasteiger partial charge on any atom is 0.312 e. The molecule has 1 heterocycles. The highest BCUT2D eigenvalue weighted by atomic mass is 16.2. The Kier molecular flexibility index (Phi) is 5.35. The van der Waals surface area contributed by atoms with Gasteiger partial charge in [0.25, 0.3) is 0 Å². The third kappa shape index (κ3) is 4.27. The molecule has 7 heteroatoms. The van der Waals surface area contributed by atoms with Crippen molar-refractivity contribution >= 4 is 11.9 Å². The van der Waals surface area contributed by atoms with Crippen molar-refractivity contribution in [2.45, 2.75) is 39.8 Å². The first-order valence-electron chi connectivity index (χ1n) is 6.28. The van der Waals surface area contributed by atoms with Crippen molar-refractivity contribution in [3.63, 3.8) is 0 Å². The maximum absolute atomic E-state index is 12.1. The van der Waals surface area contributed by atoms with E-state index in [-0.39, 0.29) is 11.8 Å². The van der Waals surface area contributed by atoms with Gasteiger partial charge in [-0.3, -0.25) is 9.89 Å². The van der Waals surface area contributed by atoms with Gasteiger partial charge < -0.3 is 16.4 Å². The molecule has 0 aliphatic heterocycles. The van der Waals surface area contributed by atoms with E-state index in [2.05, 4.69) is 20.8 Å². The van der Waals surface area contributed by atoms with E-state index in [1.54, 1.807) is 6.20 Å². The smallest absolute Gasteiger partial charge is 0.312 e. The highest BCUT2D eigenvalue weighted by Gasteiger charge is 2.24. The van der Waals surface area contributed by atoms with Crippen molar-refractivity contribution in [2.24, 2.45) is 11.7 Å². The molecule has 0 radical (unpaired) electrons. The van der Waals surface area contributed by atoms with E-state index in [4.69, 9.17) is 5.73 Å². The fraction of sp³-hybridized carbons (Fsp3) is 0.583. The number of aromatic nitrogens is 2. The zero-order valence-electron chi connectivity index (χ0n) is 11.5. The lowest BCUT2D eigenvalue weighted by atomic mass is 9.98. The molecule has 0 spiro atoms. The van der Waals surface area contributed by atoms with Crippen molar-refractivity contribution in [1.82, 2.24) is 20.8 Å². The molecule has 1 aromatic rings. The van der Waals surface area contributed by atoms with Crippen LogP contribution in [-0.4, -0.2) is 28.2 Å². The molecule has 1 aromatic heterocycles. The Morgan fingerprint density at radius 2 is 2.21 bits per heavy atom. The zero-order chi connectivity index (χ0) is 14.4. The van der Waals surface area contributed by atoms with Crippen molar-refractivity contribution in [1.29, 1.82) is 0 Å². The fourth-order valence-electron chi connectivity index (χ4n) is 1.70. The molecule has 5 N–H and O–H groups in total. The third-order valence-corrected chi connectivity index (χ3v) is 3.18. The number of rotatable bonds is 6. The van der Waals surface area contributed by atoms with Crippen LogP contribution in [0, 0.1) is 12.8 Å². The molecule has 0 bridgehead atoms. The molecule has 0 aliphatic carbocycles. The number of urea groups is 1. The van der Waals surface area contributed by atoms with E-state index in [1.165, 1.54) is 0 Å². The molecule has 19 heavy (non-hydrogen) atoms. The van der Waals surface area contributed by atoms with Crippen LogP contribution < -0.4 is 16.4 Å². The van der Waals surface area contributed by atoms with Gasteiger partial charge in [0.05, 0.1) is 6.20 Å². The number of carbonyl (C=O) groups excluding carboxylic acids is 2. The number of H-pyrrole nitrogens is 1. The highest BCUT2D eigenvalue weighted by molar-refractivity contribution is 5.86. The number of hydrogen-bond donors (Lipinski definition) is 4. The lowest BCUT2D eigenvalue weighted by Crippen LogP contribution is -2.51. The Morgan fingerprint density at radius 1 is 1.53 bits per heavy atom. The fourth-order valence-corrected chi connectivity index (χ4v) is 1.70. The molecule has 0 saturated carbocycles. The SMILES string of the molecule is CCC(C)C(NC(N)=O)C(=O)NCc1cn[nH]c1C. The third-order valence-electron chi connectivity index (χ3n) is 3.18. The van der Waals surface area contributed by atoms with Crippen LogP contribution in [0.4, 0.5) is 4.79 Å². The Balaban J connectivity index is 2.61. The average molecular weight is 267 g/mol. The zero-order valence-corrected chi connectivity index (χ0v) is 11.5. The van der Waals surface area contributed by atoms with Crippen LogP contribution in [0.1, 0.15) is 31.5 Å². The van der Waals surface area contributed by atoms with Crippen LogP contribution >= 0.6 is 0 Å². The molecule has 1 rings (SSSR count). The molecule has 3 amide bonds. The summed E-state index contributed by atoms with van der Waals surface area (Å²) in [6.07, 6.45) is 2.43. The second-order valence-corrected chi connectivity index (χ2v) is 4.61. The summed E-state index contributed by atoms with van der Waals surface area (Å²) in [6.45, 7) is 6.09. The Morgan fingerprint density at radius 3 is 2.68 bits per heavy atom. The van der Waals surface area contributed by atoms with Gasteiger partial charge in [0, 0.05) is 17.8 Å². The van der Waals surface area contributed by atoms with Crippen molar-refractivity contribution in [2.75, 3.05) is 0 Å². The normalized spacial score (nSPS) is 13.6. The summed E-state index contributed by atoms with van der Waals surface area (Å²) in [5.74, 6) is -0.230. The van der Waals surface area contributed by atoms with Gasteiger partial charge in [0.15, 0.2) is 0 Å². The predicted octanol–water partition coefficient (Wildman–Crippen LogP) is 0.417. The van der Waals surface area contributed by atoms with E-state index in [1.807, 2.05) is 20.8 Å². The molecule has 2 atom stereocenters. The Labute approximate surface area is 112 Å². The molecule has 106 valence electrons. The first-order chi connectivity index (χ1) is 8.95. The molecule has 0 saturated heterocycles. The number of nitrogens with two attached hydrogens (primary N) is 1. The molecule has 0 aliphatic rings. The van der Waals surface area contributed by atoms with Crippen LogP contribution in [-0.2, 0) is 11.3 Å². The minimum Gasteiger partial charge on any atom is -0.352 e. The number of amides is 3. The van der Waals surface area contributed by atoms with Gasteiger partial charge in [-0.2, -0.15) is 5.10 Å². The van der Waals surface area contributed by atoms with Crippen LogP contribution in [0.25, 0.3) is 0 Å². The van der Waals surface area contributed by atoms with Crippen LogP contribution in [0.15, 0.2) is 6.20 Å². The van der Waals surface area contributed by atoms with Gasteiger partial charge in [0.2, 0.25) is 5.91 Å². The van der Waals surface area contributed by atoms with Gasteiger partial charge >= 0.3 is 6.03 Å². The highest BCUT2D eigenvalue weighted by Crippen LogP contribution is 2.08. The monoisotopic (exact) mass is 267 g/mol. The first kappa shape index (κ1) is 15.0. The van der Waals surface area contributed by atoms with E-state index in [0.29, 0.717) is 6.54 Å². The molecular formula is C12H21N5O2. The number of primary amides is 1. The van der Waals surface area contributed by atoms with E-state index in [9.17, 15) is 9.59 Å². The summed E-state index contributed by atoms with van der Waals surface area (Å²) in [6, 6.07) is -1.31. The van der Waals surface area contributed by atoms with Gasteiger partial charge in [-0.05, 0) is 12.8 Å². The minimum atomic E-state index is -0.694. The number of aryl methyl sites for hydroxylation is 1. The van der Waals surface area contributed by atoms with Crippen LogP contribution in [0.2, 0.25) is 0 Å². The summed E-state index contributed by atoms with van der Waals surface area (Å²) in [7, 11) is 0. The average Bonchev–Trinajstić information content (AvgIpc) is 2.77. The van der Waals surface area contributed by atoms with Gasteiger partial charge in [-0.15, -0.1) is 0 Å². The number of nitrogens with zero attached hydrogens (tertiary/aromatic N) is 1. The van der Waals surface area contributed by atoms with E-state index in [0.717, 1.165) is 17.7 Å². The summed E-state index contributed by atoms with van der Waals surface area (Å²) < 4.78 is 0. The number of aromatic amines is 1. The second-order valence-electron chi connectivity index (χ2n) is 4.61. The largest absolute Gasteiger partial charge is 0.352 e. The second kappa shape index (κ2) is 6.77. The lowest BCUT2D eigenvalue weighted by molar-refractivity contribution is -0.124. The Bertz CT molecular complexity index is 443. The van der Waals surface area contributed by atoms with Crippen LogP contribution in [0.5, 0.6) is 0 Å². The molecule has 0 aromatic carbocycles. The van der Waals surface area contributed by atoms with Crippen molar-refractivity contribution in [3.8, 4) is 0 Å². The minimum absolute atomic E-state index is 0.0120. The summed E-state index contributed by atoms with van der Waals surface area (Å²) in [4.78, 5) is 23.0. The lowest BCUT2D eigenvalue weighted by Gasteiger charge is -2.22. The summed E-state index contributed by atoms with van der Waals surface area (Å²) >= 11 is 0. The Hall–Kier alpha value is -2.05. The number of hydrogen-bond acceptors (Lipinski definition) is 3.